The SMILES string of the molecule is CCCCCCCCCCC\C=C/C=C/C=C\C=C\C=C\C(=O)O. The fourth-order valence-corrected chi connectivity index (χ4v) is 2.27. The van der Waals surface area contributed by atoms with Crippen LogP contribution in [0, 0.1) is 0 Å². The average molecular weight is 331 g/mol. The molecule has 0 saturated carbocycles. The molecule has 2 heteroatoms. The van der Waals surface area contributed by atoms with Gasteiger partial charge in [-0.25, -0.2) is 4.79 Å². The normalized spacial score (nSPS) is 12.7. The quantitative estimate of drug-likeness (QED) is 0.204. The smallest absolute Gasteiger partial charge is 0.328 e. The Morgan fingerprint density at radius 3 is 1.67 bits per heavy atom. The zero-order chi connectivity index (χ0) is 17.7. The van der Waals surface area contributed by atoms with E-state index in [4.69, 9.17) is 5.11 Å². The van der Waals surface area contributed by atoms with Gasteiger partial charge in [-0.05, 0) is 12.8 Å². The Hall–Kier alpha value is -1.83. The molecule has 0 saturated heterocycles. The van der Waals surface area contributed by atoms with E-state index in [0.29, 0.717) is 0 Å². The highest BCUT2D eigenvalue weighted by molar-refractivity contribution is 5.80. The highest BCUT2D eigenvalue weighted by Crippen LogP contribution is 2.10. The molecule has 0 fully saturated rings. The van der Waals surface area contributed by atoms with Crippen LogP contribution in [0.4, 0.5) is 0 Å². The zero-order valence-electron chi connectivity index (χ0n) is 15.2. The molecule has 0 aromatic carbocycles. The lowest BCUT2D eigenvalue weighted by Crippen LogP contribution is -1.84. The molecule has 0 atom stereocenters. The van der Waals surface area contributed by atoms with Gasteiger partial charge in [-0.1, -0.05) is 113 Å². The van der Waals surface area contributed by atoms with Crippen LogP contribution in [0.15, 0.2) is 60.8 Å². The van der Waals surface area contributed by atoms with Crippen molar-refractivity contribution in [2.75, 3.05) is 0 Å². The number of hydrogen-bond acceptors (Lipinski definition) is 1. The summed E-state index contributed by atoms with van der Waals surface area (Å²) >= 11 is 0. The van der Waals surface area contributed by atoms with Gasteiger partial charge in [-0.2, -0.15) is 0 Å². The van der Waals surface area contributed by atoms with E-state index < -0.39 is 5.97 Å². The van der Waals surface area contributed by atoms with E-state index in [1.54, 1.807) is 12.2 Å². The van der Waals surface area contributed by atoms with Crippen molar-refractivity contribution in [3.05, 3.63) is 60.8 Å². The van der Waals surface area contributed by atoms with E-state index >= 15 is 0 Å². The lowest BCUT2D eigenvalue weighted by molar-refractivity contribution is -0.131. The van der Waals surface area contributed by atoms with Gasteiger partial charge in [0, 0.05) is 6.08 Å². The van der Waals surface area contributed by atoms with Gasteiger partial charge >= 0.3 is 5.97 Å². The zero-order valence-corrected chi connectivity index (χ0v) is 15.2. The minimum atomic E-state index is -0.930. The molecule has 0 radical (unpaired) electrons. The van der Waals surface area contributed by atoms with E-state index in [1.165, 1.54) is 63.9 Å². The van der Waals surface area contributed by atoms with Crippen LogP contribution in [0.2, 0.25) is 0 Å². The summed E-state index contributed by atoms with van der Waals surface area (Å²) in [6, 6.07) is 0. The van der Waals surface area contributed by atoms with E-state index in [2.05, 4.69) is 19.1 Å². The number of carboxylic acid groups (broad SMARTS) is 1. The van der Waals surface area contributed by atoms with Gasteiger partial charge in [0.05, 0.1) is 0 Å². The van der Waals surface area contributed by atoms with Gasteiger partial charge < -0.3 is 5.11 Å². The van der Waals surface area contributed by atoms with Crippen molar-refractivity contribution in [3.8, 4) is 0 Å². The summed E-state index contributed by atoms with van der Waals surface area (Å²) < 4.78 is 0. The number of rotatable bonds is 15. The summed E-state index contributed by atoms with van der Waals surface area (Å²) in [5, 5.41) is 8.40. The van der Waals surface area contributed by atoms with Crippen LogP contribution in [-0.4, -0.2) is 11.1 Å². The van der Waals surface area contributed by atoms with Gasteiger partial charge in [0.25, 0.3) is 0 Å². The maximum atomic E-state index is 10.2. The molecule has 0 rings (SSSR count). The molecule has 24 heavy (non-hydrogen) atoms. The van der Waals surface area contributed by atoms with Crippen LogP contribution < -0.4 is 0 Å². The minimum absolute atomic E-state index is 0.930. The monoisotopic (exact) mass is 330 g/mol. The predicted octanol–water partition coefficient (Wildman–Crippen LogP) is 6.77. The van der Waals surface area contributed by atoms with Crippen LogP contribution in [-0.2, 0) is 4.79 Å². The first-order valence-corrected chi connectivity index (χ1v) is 9.33. The summed E-state index contributed by atoms with van der Waals surface area (Å²) in [5.41, 5.74) is 0. The molecule has 0 heterocycles. The second-order valence-electron chi connectivity index (χ2n) is 5.90. The van der Waals surface area contributed by atoms with E-state index in [-0.39, 0.29) is 0 Å². The third-order valence-electron chi connectivity index (χ3n) is 3.63. The highest BCUT2D eigenvalue weighted by Gasteiger charge is 1.90. The molecular weight excluding hydrogens is 296 g/mol. The van der Waals surface area contributed by atoms with Gasteiger partial charge in [-0.3, -0.25) is 0 Å². The molecule has 0 aliphatic carbocycles. The summed E-state index contributed by atoms with van der Waals surface area (Å²) in [6.07, 6.45) is 31.7. The third kappa shape index (κ3) is 20.2. The van der Waals surface area contributed by atoms with Crippen molar-refractivity contribution < 1.29 is 9.90 Å². The maximum Gasteiger partial charge on any atom is 0.328 e. The van der Waals surface area contributed by atoms with Gasteiger partial charge in [0.15, 0.2) is 0 Å². The Kier molecular flexibility index (Phi) is 17.8. The molecule has 0 aliphatic rings. The largest absolute Gasteiger partial charge is 0.478 e. The molecule has 0 spiro atoms. The fourth-order valence-electron chi connectivity index (χ4n) is 2.27. The average Bonchev–Trinajstić information content (AvgIpc) is 2.56. The van der Waals surface area contributed by atoms with Crippen LogP contribution in [0.3, 0.4) is 0 Å². The van der Waals surface area contributed by atoms with Crippen molar-refractivity contribution in [2.24, 2.45) is 0 Å². The summed E-state index contributed by atoms with van der Waals surface area (Å²) in [4.78, 5) is 10.2. The molecule has 2 nitrogen and oxygen atoms in total. The molecule has 134 valence electrons. The number of unbranched alkanes of at least 4 members (excludes halogenated alkanes) is 9. The Morgan fingerprint density at radius 1 is 0.667 bits per heavy atom. The molecule has 0 bridgehead atoms. The lowest BCUT2D eigenvalue weighted by Gasteiger charge is -2.00. The molecule has 0 aromatic heterocycles. The first-order valence-electron chi connectivity index (χ1n) is 9.33. The predicted molar refractivity (Wildman–Crippen MR) is 105 cm³/mol. The van der Waals surface area contributed by atoms with Crippen molar-refractivity contribution in [1.29, 1.82) is 0 Å². The van der Waals surface area contributed by atoms with Gasteiger partial charge in [0.1, 0.15) is 0 Å². The van der Waals surface area contributed by atoms with Crippen LogP contribution in [0.5, 0.6) is 0 Å². The summed E-state index contributed by atoms with van der Waals surface area (Å²) in [7, 11) is 0. The maximum absolute atomic E-state index is 10.2. The van der Waals surface area contributed by atoms with Crippen LogP contribution in [0.25, 0.3) is 0 Å². The van der Waals surface area contributed by atoms with E-state index in [9.17, 15) is 4.79 Å². The summed E-state index contributed by atoms with van der Waals surface area (Å²) in [6.45, 7) is 2.26. The molecule has 0 unspecified atom stereocenters. The second-order valence-corrected chi connectivity index (χ2v) is 5.90. The molecule has 0 aliphatic heterocycles. The van der Waals surface area contributed by atoms with Crippen molar-refractivity contribution >= 4 is 5.97 Å². The summed E-state index contributed by atoms with van der Waals surface area (Å²) in [5.74, 6) is -0.930. The number of allylic oxidation sites excluding steroid dienone is 9. The molecule has 0 aromatic rings. The number of hydrogen-bond donors (Lipinski definition) is 1. The number of carboxylic acids is 1. The topological polar surface area (TPSA) is 37.3 Å². The number of carbonyl (C=O) groups is 1. The Balaban J connectivity index is 3.44. The van der Waals surface area contributed by atoms with Crippen molar-refractivity contribution in [1.82, 2.24) is 0 Å². The Bertz CT molecular complexity index is 425. The molecule has 1 N–H and O–H groups in total. The first kappa shape index (κ1) is 22.2. The highest BCUT2D eigenvalue weighted by atomic mass is 16.4. The first-order chi connectivity index (χ1) is 11.8. The van der Waals surface area contributed by atoms with E-state index in [0.717, 1.165) is 12.5 Å². The van der Waals surface area contributed by atoms with Crippen molar-refractivity contribution in [3.63, 3.8) is 0 Å². The Morgan fingerprint density at radius 2 is 1.12 bits per heavy atom. The second kappa shape index (κ2) is 19.2. The number of aliphatic carboxylic acids is 1. The van der Waals surface area contributed by atoms with Gasteiger partial charge in [-0.15, -0.1) is 0 Å². The van der Waals surface area contributed by atoms with Crippen molar-refractivity contribution in [2.45, 2.75) is 71.1 Å². The molecular formula is C22H34O2. The Labute approximate surface area is 148 Å². The molecule has 0 amide bonds. The third-order valence-corrected chi connectivity index (χ3v) is 3.63. The van der Waals surface area contributed by atoms with Crippen LogP contribution in [0.1, 0.15) is 71.1 Å². The lowest BCUT2D eigenvalue weighted by atomic mass is 10.1. The van der Waals surface area contributed by atoms with Gasteiger partial charge in [0.2, 0.25) is 0 Å². The van der Waals surface area contributed by atoms with E-state index in [1.807, 2.05) is 24.3 Å². The van der Waals surface area contributed by atoms with Crippen LogP contribution >= 0.6 is 0 Å². The standard InChI is InChI=1S/C22H34O2/c1-2-3-4-5-6-7-8-9-10-11-12-13-14-15-16-17-18-19-20-21-22(23)24/h12-21H,2-11H2,1H3,(H,23,24)/b13-12-,15-14+,17-16-,19-18+,21-20+. The minimum Gasteiger partial charge on any atom is -0.478 e. The fraction of sp³-hybridized carbons (Fsp3) is 0.500.